The van der Waals surface area contributed by atoms with Crippen LogP contribution < -0.4 is 10.1 Å². The van der Waals surface area contributed by atoms with E-state index in [2.05, 4.69) is 15.5 Å². The van der Waals surface area contributed by atoms with E-state index in [1.54, 1.807) is 6.20 Å². The Hall–Kier alpha value is -3.23. The normalized spacial score (nSPS) is 12.0. The zero-order chi connectivity index (χ0) is 20.3. The number of rotatable bonds is 7. The van der Waals surface area contributed by atoms with E-state index < -0.39 is 11.6 Å². The molecule has 0 saturated carbocycles. The van der Waals surface area contributed by atoms with Crippen molar-refractivity contribution in [1.29, 1.82) is 0 Å². The molecule has 0 aliphatic heterocycles. The van der Waals surface area contributed by atoms with Gasteiger partial charge in [-0.15, -0.1) is 0 Å². The lowest BCUT2D eigenvalue weighted by Gasteiger charge is -2.12. The van der Waals surface area contributed by atoms with E-state index in [0.717, 1.165) is 29.9 Å². The molecule has 7 nitrogen and oxygen atoms in total. The third-order valence-electron chi connectivity index (χ3n) is 4.24. The Morgan fingerprint density at radius 2 is 2.04 bits per heavy atom. The van der Waals surface area contributed by atoms with Crippen LogP contribution in [0.15, 0.2) is 36.7 Å². The van der Waals surface area contributed by atoms with Gasteiger partial charge >= 0.3 is 0 Å². The van der Waals surface area contributed by atoms with Crippen LogP contribution in [0.5, 0.6) is 5.75 Å². The highest BCUT2D eigenvalue weighted by atomic mass is 19.1. The van der Waals surface area contributed by atoms with Crippen molar-refractivity contribution in [2.24, 2.45) is 0 Å². The standard InChI is InChI=1S/C19H21F2N5O2/c1-4-25-10-15(13(3)23-25)12(2)22-19(27)17-7-8-26(24-17)11-28-18-6-5-14(20)9-16(18)21/h5-10,12H,4,11H2,1-3H3,(H,22,27). The van der Waals surface area contributed by atoms with Crippen LogP contribution in [0.2, 0.25) is 0 Å². The predicted molar refractivity (Wildman–Crippen MR) is 97.7 cm³/mol. The van der Waals surface area contributed by atoms with Gasteiger partial charge < -0.3 is 10.1 Å². The van der Waals surface area contributed by atoms with E-state index in [-0.39, 0.29) is 30.1 Å². The molecular weight excluding hydrogens is 368 g/mol. The van der Waals surface area contributed by atoms with Crippen molar-refractivity contribution in [3.05, 3.63) is 65.2 Å². The van der Waals surface area contributed by atoms with E-state index in [4.69, 9.17) is 4.74 Å². The lowest BCUT2D eigenvalue weighted by molar-refractivity contribution is 0.0932. The quantitative estimate of drug-likeness (QED) is 0.673. The van der Waals surface area contributed by atoms with E-state index in [9.17, 15) is 13.6 Å². The Morgan fingerprint density at radius 3 is 2.71 bits per heavy atom. The number of carbonyl (C=O) groups is 1. The van der Waals surface area contributed by atoms with Crippen LogP contribution in [0.4, 0.5) is 8.78 Å². The summed E-state index contributed by atoms with van der Waals surface area (Å²) in [5.74, 6) is -1.93. The fourth-order valence-electron chi connectivity index (χ4n) is 2.75. The summed E-state index contributed by atoms with van der Waals surface area (Å²) in [6.07, 6.45) is 3.45. The van der Waals surface area contributed by atoms with E-state index in [1.807, 2.05) is 31.6 Å². The maximum Gasteiger partial charge on any atom is 0.272 e. The van der Waals surface area contributed by atoms with Crippen LogP contribution in [-0.2, 0) is 13.3 Å². The number of nitrogens with one attached hydrogen (secondary N) is 1. The molecule has 1 amide bonds. The third kappa shape index (κ3) is 4.36. The molecule has 1 unspecified atom stereocenters. The number of aryl methyl sites for hydroxylation is 2. The molecule has 0 aliphatic carbocycles. The minimum Gasteiger partial charge on any atom is -0.468 e. The Kier molecular flexibility index (Phi) is 5.72. The molecule has 0 spiro atoms. The van der Waals surface area contributed by atoms with Crippen molar-refractivity contribution in [3.8, 4) is 5.75 Å². The molecule has 2 aromatic heterocycles. The smallest absolute Gasteiger partial charge is 0.272 e. The number of ether oxygens (including phenoxy) is 1. The molecule has 9 heteroatoms. The molecule has 0 aliphatic rings. The summed E-state index contributed by atoms with van der Waals surface area (Å²) in [7, 11) is 0. The summed E-state index contributed by atoms with van der Waals surface area (Å²) in [5, 5.41) is 11.4. The van der Waals surface area contributed by atoms with Gasteiger partial charge in [-0.05, 0) is 39.0 Å². The van der Waals surface area contributed by atoms with Crippen LogP contribution >= 0.6 is 0 Å². The van der Waals surface area contributed by atoms with Gasteiger partial charge in [-0.1, -0.05) is 0 Å². The number of amides is 1. The second-order valence-electron chi connectivity index (χ2n) is 6.31. The molecule has 0 radical (unpaired) electrons. The number of hydrogen-bond acceptors (Lipinski definition) is 4. The summed E-state index contributed by atoms with van der Waals surface area (Å²) >= 11 is 0. The Bertz CT molecular complexity index is 983. The highest BCUT2D eigenvalue weighted by Gasteiger charge is 2.17. The summed E-state index contributed by atoms with van der Waals surface area (Å²) in [6, 6.07) is 4.34. The summed E-state index contributed by atoms with van der Waals surface area (Å²) in [5.41, 5.74) is 2.00. The first-order chi connectivity index (χ1) is 13.4. The highest BCUT2D eigenvalue weighted by Crippen LogP contribution is 2.18. The summed E-state index contributed by atoms with van der Waals surface area (Å²) in [4.78, 5) is 12.4. The zero-order valence-electron chi connectivity index (χ0n) is 15.8. The van der Waals surface area contributed by atoms with Gasteiger partial charge in [-0.3, -0.25) is 9.48 Å². The molecular formula is C19H21F2N5O2. The molecule has 1 atom stereocenters. The minimum absolute atomic E-state index is 0.0973. The van der Waals surface area contributed by atoms with E-state index in [0.29, 0.717) is 0 Å². The van der Waals surface area contributed by atoms with Crippen molar-refractivity contribution in [1.82, 2.24) is 24.9 Å². The second-order valence-corrected chi connectivity index (χ2v) is 6.31. The largest absolute Gasteiger partial charge is 0.468 e. The number of benzene rings is 1. The SMILES string of the molecule is CCn1cc(C(C)NC(=O)c2ccn(COc3ccc(F)cc3F)n2)c(C)n1. The van der Waals surface area contributed by atoms with Crippen molar-refractivity contribution >= 4 is 5.91 Å². The topological polar surface area (TPSA) is 74.0 Å². The number of aromatic nitrogens is 4. The van der Waals surface area contributed by atoms with Crippen LogP contribution in [0.25, 0.3) is 0 Å². The van der Waals surface area contributed by atoms with Crippen molar-refractivity contribution in [2.45, 2.75) is 40.1 Å². The van der Waals surface area contributed by atoms with Gasteiger partial charge in [0.05, 0.1) is 11.7 Å². The van der Waals surface area contributed by atoms with Crippen molar-refractivity contribution in [3.63, 3.8) is 0 Å². The minimum atomic E-state index is -0.804. The first-order valence-electron chi connectivity index (χ1n) is 8.83. The van der Waals surface area contributed by atoms with Crippen LogP contribution in [-0.4, -0.2) is 25.5 Å². The van der Waals surface area contributed by atoms with Gasteiger partial charge in [0, 0.05) is 30.6 Å². The Labute approximate surface area is 160 Å². The van der Waals surface area contributed by atoms with Gasteiger partial charge in [-0.2, -0.15) is 10.2 Å². The van der Waals surface area contributed by atoms with Crippen molar-refractivity contribution < 1.29 is 18.3 Å². The summed E-state index contributed by atoms with van der Waals surface area (Å²) < 4.78 is 34.9. The van der Waals surface area contributed by atoms with Gasteiger partial charge in [0.2, 0.25) is 0 Å². The van der Waals surface area contributed by atoms with Gasteiger partial charge in [-0.25, -0.2) is 13.5 Å². The lowest BCUT2D eigenvalue weighted by Crippen LogP contribution is -2.27. The second kappa shape index (κ2) is 8.20. The average Bonchev–Trinajstić information content (AvgIpc) is 3.27. The highest BCUT2D eigenvalue weighted by molar-refractivity contribution is 5.92. The van der Waals surface area contributed by atoms with Crippen LogP contribution in [0, 0.1) is 18.6 Å². The lowest BCUT2D eigenvalue weighted by atomic mass is 10.1. The molecule has 1 aromatic carbocycles. The predicted octanol–water partition coefficient (Wildman–Crippen LogP) is 3.21. The number of carbonyl (C=O) groups excluding carboxylic acids is 1. The van der Waals surface area contributed by atoms with Gasteiger partial charge in [0.1, 0.15) is 11.5 Å². The van der Waals surface area contributed by atoms with Crippen molar-refractivity contribution in [2.75, 3.05) is 0 Å². The van der Waals surface area contributed by atoms with Gasteiger partial charge in [0.15, 0.2) is 18.3 Å². The maximum absolute atomic E-state index is 13.6. The van der Waals surface area contributed by atoms with Crippen LogP contribution in [0.1, 0.15) is 41.6 Å². The van der Waals surface area contributed by atoms with Gasteiger partial charge in [0.25, 0.3) is 5.91 Å². The fourth-order valence-corrected chi connectivity index (χ4v) is 2.75. The number of nitrogens with zero attached hydrogens (tertiary/aromatic N) is 4. The number of hydrogen-bond donors (Lipinski definition) is 1. The maximum atomic E-state index is 13.6. The molecule has 148 valence electrons. The third-order valence-corrected chi connectivity index (χ3v) is 4.24. The zero-order valence-corrected chi connectivity index (χ0v) is 15.8. The van der Waals surface area contributed by atoms with Crippen LogP contribution in [0.3, 0.4) is 0 Å². The molecule has 0 fully saturated rings. The molecule has 0 bridgehead atoms. The Balaban J connectivity index is 1.61. The molecule has 1 N–H and O–H groups in total. The van der Waals surface area contributed by atoms with E-state index >= 15 is 0 Å². The number of halogens is 2. The first-order valence-corrected chi connectivity index (χ1v) is 8.83. The first kappa shape index (κ1) is 19.5. The fraction of sp³-hybridized carbons (Fsp3) is 0.316. The molecule has 3 aromatic rings. The molecule has 0 saturated heterocycles. The summed E-state index contributed by atoms with van der Waals surface area (Å²) in [6.45, 7) is 6.39. The van der Waals surface area contributed by atoms with E-state index in [1.165, 1.54) is 16.8 Å². The molecule has 2 heterocycles. The monoisotopic (exact) mass is 389 g/mol. The Morgan fingerprint density at radius 1 is 1.25 bits per heavy atom. The molecule has 28 heavy (non-hydrogen) atoms. The average molecular weight is 389 g/mol. The molecule has 3 rings (SSSR count).